The van der Waals surface area contributed by atoms with Crippen molar-refractivity contribution in [1.29, 1.82) is 0 Å². The summed E-state index contributed by atoms with van der Waals surface area (Å²) in [6, 6.07) is 5.57. The number of hydrogen-bond acceptors (Lipinski definition) is 4. The van der Waals surface area contributed by atoms with E-state index in [4.69, 9.17) is 0 Å². The van der Waals surface area contributed by atoms with Gasteiger partial charge in [0.05, 0.1) is 6.04 Å². The second kappa shape index (κ2) is 8.09. The third-order valence-corrected chi connectivity index (χ3v) is 4.39. The number of fused-ring (bicyclic) bond motifs is 1. The molecule has 134 valence electrons. The van der Waals surface area contributed by atoms with E-state index in [0.717, 1.165) is 37.2 Å². The first-order valence-corrected chi connectivity index (χ1v) is 9.05. The average Bonchev–Trinajstić information content (AvgIpc) is 3.38. The van der Waals surface area contributed by atoms with Crippen LogP contribution in [0, 0.1) is 5.92 Å². The molecule has 1 atom stereocenters. The highest BCUT2D eigenvalue weighted by Crippen LogP contribution is 2.28. The van der Waals surface area contributed by atoms with Crippen LogP contribution in [0.3, 0.4) is 0 Å². The van der Waals surface area contributed by atoms with E-state index < -0.39 is 0 Å². The van der Waals surface area contributed by atoms with Gasteiger partial charge in [0.2, 0.25) is 11.8 Å². The minimum Gasteiger partial charge on any atom is -0.356 e. The van der Waals surface area contributed by atoms with Crippen molar-refractivity contribution in [2.75, 3.05) is 6.54 Å². The van der Waals surface area contributed by atoms with Gasteiger partial charge in [0.15, 0.2) is 11.5 Å². The van der Waals surface area contributed by atoms with Gasteiger partial charge < -0.3 is 10.6 Å². The van der Waals surface area contributed by atoms with Gasteiger partial charge in [0, 0.05) is 25.1 Å². The summed E-state index contributed by atoms with van der Waals surface area (Å²) in [5.41, 5.74) is 0.774. The van der Waals surface area contributed by atoms with Gasteiger partial charge in [0.1, 0.15) is 0 Å². The Morgan fingerprint density at radius 2 is 2.16 bits per heavy atom. The van der Waals surface area contributed by atoms with Gasteiger partial charge in [-0.2, -0.15) is 0 Å². The smallest absolute Gasteiger partial charge is 0.223 e. The molecule has 0 aromatic carbocycles. The second-order valence-corrected chi connectivity index (χ2v) is 6.56. The van der Waals surface area contributed by atoms with Gasteiger partial charge in [-0.25, -0.2) is 0 Å². The summed E-state index contributed by atoms with van der Waals surface area (Å²) < 4.78 is 1.91. The van der Waals surface area contributed by atoms with Gasteiger partial charge in [-0.1, -0.05) is 19.4 Å². The van der Waals surface area contributed by atoms with Gasteiger partial charge in [0.25, 0.3) is 0 Å². The number of aromatic nitrogens is 3. The highest BCUT2D eigenvalue weighted by molar-refractivity contribution is 5.81. The molecule has 2 heterocycles. The summed E-state index contributed by atoms with van der Waals surface area (Å²) in [5, 5.41) is 14.4. The molecule has 2 aromatic rings. The van der Waals surface area contributed by atoms with Crippen LogP contribution in [-0.2, 0) is 9.59 Å². The number of nitrogens with one attached hydrogen (secondary N) is 2. The molecule has 0 bridgehead atoms. The molecular weight excluding hydrogens is 318 g/mol. The normalized spacial score (nSPS) is 15.1. The van der Waals surface area contributed by atoms with E-state index in [2.05, 4.69) is 27.8 Å². The Morgan fingerprint density at radius 3 is 2.92 bits per heavy atom. The largest absolute Gasteiger partial charge is 0.356 e. The van der Waals surface area contributed by atoms with Crippen LogP contribution in [0.2, 0.25) is 0 Å². The highest BCUT2D eigenvalue weighted by Gasteiger charge is 2.29. The van der Waals surface area contributed by atoms with Crippen molar-refractivity contribution in [3.05, 3.63) is 30.2 Å². The highest BCUT2D eigenvalue weighted by atomic mass is 16.2. The number of carbonyl (C=O) groups excluding carboxylic acids is 2. The molecule has 0 aliphatic heterocycles. The predicted molar refractivity (Wildman–Crippen MR) is 93.7 cm³/mol. The number of rotatable bonds is 9. The van der Waals surface area contributed by atoms with Crippen LogP contribution >= 0.6 is 0 Å². The first-order chi connectivity index (χ1) is 12.2. The first kappa shape index (κ1) is 17.4. The summed E-state index contributed by atoms with van der Waals surface area (Å²) in [6.45, 7) is 2.63. The number of hydrogen-bond donors (Lipinski definition) is 2. The quantitative estimate of drug-likeness (QED) is 0.682. The number of carbonyl (C=O) groups is 2. The van der Waals surface area contributed by atoms with Crippen LogP contribution in [-0.4, -0.2) is 33.0 Å². The fourth-order valence-electron chi connectivity index (χ4n) is 2.87. The predicted octanol–water partition coefficient (Wildman–Crippen LogP) is 1.99. The maximum absolute atomic E-state index is 12.3. The fourth-order valence-corrected chi connectivity index (χ4v) is 2.87. The van der Waals surface area contributed by atoms with E-state index in [-0.39, 0.29) is 23.8 Å². The van der Waals surface area contributed by atoms with Crippen molar-refractivity contribution < 1.29 is 9.59 Å². The maximum Gasteiger partial charge on any atom is 0.223 e. The number of nitrogens with zero attached hydrogens (tertiary/aromatic N) is 3. The molecule has 7 nitrogen and oxygen atoms in total. The van der Waals surface area contributed by atoms with Crippen molar-refractivity contribution in [3.8, 4) is 0 Å². The Balaban J connectivity index is 1.52. The van der Waals surface area contributed by atoms with Gasteiger partial charge in [-0.3, -0.25) is 14.0 Å². The van der Waals surface area contributed by atoms with Crippen molar-refractivity contribution in [1.82, 2.24) is 25.2 Å². The Bertz CT molecular complexity index is 738. The molecule has 0 radical (unpaired) electrons. The minimum absolute atomic E-state index is 0.0215. The van der Waals surface area contributed by atoms with E-state index in [9.17, 15) is 9.59 Å². The molecule has 0 spiro atoms. The summed E-state index contributed by atoms with van der Waals surface area (Å²) in [5.74, 6) is 1.07. The lowest BCUT2D eigenvalue weighted by atomic mass is 10.1. The maximum atomic E-state index is 12.3. The standard InChI is InChI=1S/C18H25N5O2/c1-2-6-14(17-22-21-15-7-3-4-12-23(15)17)20-16(24)8-5-11-19-18(25)13-9-10-13/h3-4,7,12-14H,2,5-6,8-11H2,1H3,(H,19,25)(H,20,24)/t14-/m1/s1. The van der Waals surface area contributed by atoms with E-state index in [1.165, 1.54) is 0 Å². The van der Waals surface area contributed by atoms with Crippen LogP contribution in [0.5, 0.6) is 0 Å². The number of pyridine rings is 1. The third kappa shape index (κ3) is 4.55. The second-order valence-electron chi connectivity index (χ2n) is 6.56. The third-order valence-electron chi connectivity index (χ3n) is 4.39. The Labute approximate surface area is 147 Å². The fraction of sp³-hybridized carbons (Fsp3) is 0.556. The molecule has 2 N–H and O–H groups in total. The Hall–Kier alpha value is -2.44. The summed E-state index contributed by atoms with van der Waals surface area (Å²) in [4.78, 5) is 23.8. The van der Waals surface area contributed by atoms with Gasteiger partial charge in [-0.05, 0) is 37.8 Å². The zero-order valence-electron chi connectivity index (χ0n) is 14.6. The van der Waals surface area contributed by atoms with Crippen molar-refractivity contribution >= 4 is 17.5 Å². The molecule has 1 fully saturated rings. The van der Waals surface area contributed by atoms with Crippen LogP contribution in [0.1, 0.15) is 57.3 Å². The van der Waals surface area contributed by atoms with E-state index >= 15 is 0 Å². The van der Waals surface area contributed by atoms with Crippen molar-refractivity contribution in [3.63, 3.8) is 0 Å². The molecular formula is C18H25N5O2. The monoisotopic (exact) mass is 343 g/mol. The molecule has 0 unspecified atom stereocenters. The lowest BCUT2D eigenvalue weighted by Crippen LogP contribution is -2.31. The average molecular weight is 343 g/mol. The van der Waals surface area contributed by atoms with Crippen LogP contribution < -0.4 is 10.6 Å². The van der Waals surface area contributed by atoms with Crippen molar-refractivity contribution in [2.45, 2.75) is 51.5 Å². The Kier molecular flexibility index (Phi) is 5.63. The summed E-state index contributed by atoms with van der Waals surface area (Å²) in [7, 11) is 0. The molecule has 3 rings (SSSR count). The van der Waals surface area contributed by atoms with Gasteiger partial charge >= 0.3 is 0 Å². The van der Waals surface area contributed by atoms with Crippen molar-refractivity contribution in [2.24, 2.45) is 5.92 Å². The topological polar surface area (TPSA) is 88.4 Å². The molecule has 1 aliphatic rings. The lowest BCUT2D eigenvalue weighted by molar-refractivity contribution is -0.124. The minimum atomic E-state index is -0.157. The zero-order chi connectivity index (χ0) is 17.6. The molecule has 0 saturated heterocycles. The van der Waals surface area contributed by atoms with Crippen LogP contribution in [0.25, 0.3) is 5.65 Å². The lowest BCUT2D eigenvalue weighted by Gasteiger charge is -2.16. The molecule has 1 aliphatic carbocycles. The number of amides is 2. The van der Waals surface area contributed by atoms with E-state index in [1.54, 1.807) is 0 Å². The summed E-state index contributed by atoms with van der Waals surface area (Å²) >= 11 is 0. The molecule has 1 saturated carbocycles. The zero-order valence-corrected chi connectivity index (χ0v) is 14.6. The SMILES string of the molecule is CCC[C@@H](NC(=O)CCCNC(=O)C1CC1)c1nnc2ccccn12. The first-order valence-electron chi connectivity index (χ1n) is 9.05. The van der Waals surface area contributed by atoms with E-state index in [1.807, 2.05) is 28.8 Å². The van der Waals surface area contributed by atoms with Crippen LogP contribution in [0.15, 0.2) is 24.4 Å². The molecule has 2 amide bonds. The molecule has 2 aromatic heterocycles. The molecule has 25 heavy (non-hydrogen) atoms. The molecule has 7 heteroatoms. The van der Waals surface area contributed by atoms with E-state index in [0.29, 0.717) is 19.4 Å². The Morgan fingerprint density at radius 1 is 1.32 bits per heavy atom. The van der Waals surface area contributed by atoms with Gasteiger partial charge in [-0.15, -0.1) is 10.2 Å². The van der Waals surface area contributed by atoms with Crippen LogP contribution in [0.4, 0.5) is 0 Å². The summed E-state index contributed by atoms with van der Waals surface area (Å²) in [6.07, 6.45) is 6.68.